The first-order chi connectivity index (χ1) is 13.6. The molecule has 2 aromatic rings. The van der Waals surface area contributed by atoms with Crippen LogP contribution in [0.2, 0.25) is 5.02 Å². The molecule has 1 unspecified atom stereocenters. The molecule has 0 spiro atoms. The summed E-state index contributed by atoms with van der Waals surface area (Å²) in [7, 11) is -1.26. The van der Waals surface area contributed by atoms with Gasteiger partial charge in [-0.1, -0.05) is 11.6 Å². The summed E-state index contributed by atoms with van der Waals surface area (Å²) in [4.78, 5) is 20.9. The van der Waals surface area contributed by atoms with E-state index in [9.17, 15) is 17.8 Å². The van der Waals surface area contributed by atoms with Crippen LogP contribution in [0.15, 0.2) is 24.3 Å². The molecular weight excluding hydrogens is 420 g/mol. The Morgan fingerprint density at radius 1 is 1.31 bits per heavy atom. The van der Waals surface area contributed by atoms with Gasteiger partial charge in [0.25, 0.3) is 5.91 Å². The lowest BCUT2D eigenvalue weighted by molar-refractivity contribution is -0.119. The molecule has 1 aromatic heterocycles. The van der Waals surface area contributed by atoms with E-state index in [2.05, 4.69) is 4.98 Å². The Bertz CT molecular complexity index is 966. The number of rotatable bonds is 4. The van der Waals surface area contributed by atoms with Crippen molar-refractivity contribution < 1.29 is 17.8 Å². The molecule has 2 heterocycles. The topological polar surface area (TPSA) is 53.5 Å². The maximum Gasteiger partial charge on any atom is 0.251 e. The zero-order valence-electron chi connectivity index (χ0n) is 16.6. The van der Waals surface area contributed by atoms with E-state index in [-0.39, 0.29) is 17.3 Å². The summed E-state index contributed by atoms with van der Waals surface area (Å²) in [5.41, 5.74) is 1.64. The second-order valence-corrected chi connectivity index (χ2v) is 9.21. The number of nitrogens with zero attached hydrogens (tertiary/aromatic N) is 3. The van der Waals surface area contributed by atoms with Crippen LogP contribution in [0.3, 0.4) is 0 Å². The van der Waals surface area contributed by atoms with E-state index in [1.54, 1.807) is 18.7 Å². The fourth-order valence-corrected chi connectivity index (χ4v) is 5.04. The number of halogens is 3. The average Bonchev–Trinajstić information content (AvgIpc) is 3.02. The normalized spacial score (nSPS) is 19.1. The summed E-state index contributed by atoms with van der Waals surface area (Å²) in [6.45, 7) is 7.20. The molecule has 1 aromatic carbocycles. The number of benzene rings is 1. The van der Waals surface area contributed by atoms with Gasteiger partial charge in [-0.15, -0.1) is 0 Å². The lowest BCUT2D eigenvalue weighted by Gasteiger charge is -2.33. The van der Waals surface area contributed by atoms with Crippen LogP contribution in [0, 0.1) is 25.5 Å². The van der Waals surface area contributed by atoms with Gasteiger partial charge < -0.3 is 9.80 Å². The number of aromatic nitrogens is 1. The highest BCUT2D eigenvalue weighted by molar-refractivity contribution is 7.85. The number of carbonyl (C=O) groups excluding carboxylic acids is 1. The summed E-state index contributed by atoms with van der Waals surface area (Å²) < 4.78 is 40.6. The Morgan fingerprint density at radius 2 is 2.00 bits per heavy atom. The lowest BCUT2D eigenvalue weighted by Crippen LogP contribution is -2.50. The molecular formula is C20H22ClF2N3O2S. The van der Waals surface area contributed by atoms with E-state index in [0.717, 1.165) is 17.3 Å². The fraction of sp³-hybridized carbons (Fsp3) is 0.400. The number of aryl methyl sites for hydroxylation is 2. The molecule has 1 amide bonds. The van der Waals surface area contributed by atoms with Crippen LogP contribution >= 0.6 is 11.6 Å². The Hall–Kier alpha value is -2.06. The van der Waals surface area contributed by atoms with Gasteiger partial charge in [-0.2, -0.15) is 0 Å². The van der Waals surface area contributed by atoms with Crippen molar-refractivity contribution in [3.05, 3.63) is 52.2 Å². The maximum atomic E-state index is 14.7. The van der Waals surface area contributed by atoms with Crippen LogP contribution < -0.4 is 9.80 Å². The third-order valence-electron chi connectivity index (χ3n) is 4.69. The van der Waals surface area contributed by atoms with Crippen LogP contribution in [-0.4, -0.2) is 38.8 Å². The molecule has 0 saturated carbocycles. The summed E-state index contributed by atoms with van der Waals surface area (Å²) in [5.74, 6) is -1.52. The van der Waals surface area contributed by atoms with Crippen molar-refractivity contribution in [3.8, 4) is 0 Å². The molecule has 1 fully saturated rings. The van der Waals surface area contributed by atoms with Gasteiger partial charge in [0.15, 0.2) is 5.82 Å². The maximum absolute atomic E-state index is 14.7. The lowest BCUT2D eigenvalue weighted by atomic mass is 10.1. The minimum absolute atomic E-state index is 0.104. The van der Waals surface area contributed by atoms with Crippen LogP contribution in [0.5, 0.6) is 0 Å². The second kappa shape index (κ2) is 8.36. The number of hydrogen-bond acceptors (Lipinski definition) is 4. The molecule has 3 rings (SSSR count). The largest absolute Gasteiger partial charge is 0.332 e. The van der Waals surface area contributed by atoms with Gasteiger partial charge >= 0.3 is 0 Å². The second-order valence-electron chi connectivity index (χ2n) is 7.36. The molecule has 9 heteroatoms. The summed E-state index contributed by atoms with van der Waals surface area (Å²) in [6.07, 6.45) is 0. The highest BCUT2D eigenvalue weighted by atomic mass is 35.5. The minimum atomic E-state index is -1.26. The molecule has 156 valence electrons. The van der Waals surface area contributed by atoms with Gasteiger partial charge in [0.05, 0.1) is 17.3 Å². The minimum Gasteiger partial charge on any atom is -0.332 e. The first-order valence-electron chi connectivity index (χ1n) is 9.13. The van der Waals surface area contributed by atoms with Gasteiger partial charge in [-0.05, 0) is 57.5 Å². The van der Waals surface area contributed by atoms with Crippen LogP contribution in [-0.2, 0) is 15.6 Å². The molecule has 5 nitrogen and oxygen atoms in total. The average molecular weight is 442 g/mol. The Morgan fingerprint density at radius 3 is 2.62 bits per heavy atom. The van der Waals surface area contributed by atoms with E-state index in [4.69, 9.17) is 11.6 Å². The number of amides is 1. The molecule has 29 heavy (non-hydrogen) atoms. The molecule has 0 aliphatic carbocycles. The monoisotopic (exact) mass is 441 g/mol. The van der Waals surface area contributed by atoms with Crippen LogP contribution in [0.25, 0.3) is 0 Å². The number of pyridine rings is 1. The SMILES string of the molecule is Cc1cc(C)nc(N2CS(=O)C[C@H]2C(=O)N(c2ccc(F)c(Cl)c2F)C(C)C)c1. The smallest absolute Gasteiger partial charge is 0.251 e. The predicted octanol–water partition coefficient (Wildman–Crippen LogP) is 3.97. The Labute approximate surface area is 176 Å². The first-order valence-corrected chi connectivity index (χ1v) is 11.0. The number of anilines is 2. The summed E-state index contributed by atoms with van der Waals surface area (Å²) >= 11 is 5.72. The van der Waals surface area contributed by atoms with E-state index in [1.165, 1.54) is 11.0 Å². The van der Waals surface area contributed by atoms with E-state index in [0.29, 0.717) is 5.82 Å². The van der Waals surface area contributed by atoms with Gasteiger partial charge in [-0.25, -0.2) is 13.8 Å². The Kier molecular flexibility index (Phi) is 6.24. The van der Waals surface area contributed by atoms with Crippen molar-refractivity contribution in [1.29, 1.82) is 0 Å². The first kappa shape index (κ1) is 21.6. The van der Waals surface area contributed by atoms with Crippen molar-refractivity contribution in [3.63, 3.8) is 0 Å². The van der Waals surface area contributed by atoms with Crippen molar-refractivity contribution in [2.45, 2.75) is 39.8 Å². The molecule has 0 radical (unpaired) electrons. The summed E-state index contributed by atoms with van der Waals surface area (Å²) in [6, 6.07) is 4.74. The molecule has 2 atom stereocenters. The third kappa shape index (κ3) is 4.28. The quantitative estimate of drug-likeness (QED) is 0.674. The van der Waals surface area contributed by atoms with Crippen molar-refractivity contribution in [2.24, 2.45) is 0 Å². The zero-order valence-corrected chi connectivity index (χ0v) is 18.2. The molecule has 0 bridgehead atoms. The van der Waals surface area contributed by atoms with Gasteiger partial charge in [0, 0.05) is 22.5 Å². The molecule has 1 aliphatic rings. The zero-order chi connectivity index (χ0) is 21.5. The van der Waals surface area contributed by atoms with E-state index >= 15 is 0 Å². The van der Waals surface area contributed by atoms with E-state index in [1.807, 2.05) is 26.0 Å². The van der Waals surface area contributed by atoms with Crippen LogP contribution in [0.4, 0.5) is 20.3 Å². The molecule has 0 N–H and O–H groups in total. The van der Waals surface area contributed by atoms with Gasteiger partial charge in [-0.3, -0.25) is 9.00 Å². The van der Waals surface area contributed by atoms with Crippen molar-refractivity contribution in [2.75, 3.05) is 21.4 Å². The molecule has 1 saturated heterocycles. The van der Waals surface area contributed by atoms with Crippen molar-refractivity contribution >= 4 is 39.8 Å². The van der Waals surface area contributed by atoms with Crippen LogP contribution in [0.1, 0.15) is 25.1 Å². The van der Waals surface area contributed by atoms with Crippen molar-refractivity contribution in [1.82, 2.24) is 4.98 Å². The highest BCUT2D eigenvalue weighted by Crippen LogP contribution is 2.32. The predicted molar refractivity (Wildman–Crippen MR) is 112 cm³/mol. The standard InChI is InChI=1S/C20H22ClF2N3O2S/c1-11(2)26(15-6-5-14(22)18(21)19(15)23)20(27)16-9-29(28)10-25(16)17-8-12(3)7-13(4)24-17/h5-8,11,16H,9-10H2,1-4H3/t16-,29?/m0/s1. The van der Waals surface area contributed by atoms with Gasteiger partial charge in [0.2, 0.25) is 0 Å². The summed E-state index contributed by atoms with van der Waals surface area (Å²) in [5, 5.41) is -0.663. The Balaban J connectivity index is 2.03. The van der Waals surface area contributed by atoms with Gasteiger partial charge in [0.1, 0.15) is 22.7 Å². The third-order valence-corrected chi connectivity index (χ3v) is 6.29. The molecule has 1 aliphatic heterocycles. The van der Waals surface area contributed by atoms with E-state index < -0.39 is 45.4 Å². The fourth-order valence-electron chi connectivity index (χ4n) is 3.48. The number of carbonyl (C=O) groups is 1. The highest BCUT2D eigenvalue weighted by Gasteiger charge is 2.40. The number of hydrogen-bond donors (Lipinski definition) is 0.